The molecule has 1 aromatic rings. The first-order valence-corrected chi connectivity index (χ1v) is 9.25. The number of carbonyl (C=O) groups is 1. The van der Waals surface area contributed by atoms with Crippen molar-refractivity contribution in [3.05, 3.63) is 23.8 Å². The van der Waals surface area contributed by atoms with E-state index in [2.05, 4.69) is 0 Å². The minimum Gasteiger partial charge on any atom is -0.492 e. The molecule has 1 aliphatic rings. The Kier molecular flexibility index (Phi) is 5.11. The lowest BCUT2D eigenvalue weighted by Gasteiger charge is -2.27. The number of rotatable bonds is 4. The van der Waals surface area contributed by atoms with Crippen LogP contribution < -0.4 is 4.74 Å². The number of ether oxygens (including phenoxy) is 1. The Hall–Kier alpha value is -1.27. The molecule has 1 fully saturated rings. The van der Waals surface area contributed by atoms with Gasteiger partial charge in [0.05, 0.1) is 6.61 Å². The van der Waals surface area contributed by atoms with Crippen LogP contribution >= 0.6 is 10.7 Å². The van der Waals surface area contributed by atoms with Crippen LogP contribution in [0, 0.1) is 0 Å². The fourth-order valence-corrected chi connectivity index (χ4v) is 3.38. The van der Waals surface area contributed by atoms with Gasteiger partial charge in [0.2, 0.25) is 0 Å². The topological polar surface area (TPSA) is 63.7 Å². The number of piperidine rings is 1. The Bertz CT molecular complexity index is 624. The minimum absolute atomic E-state index is 0.158. The zero-order valence-electron chi connectivity index (χ0n) is 11.8. The van der Waals surface area contributed by atoms with Gasteiger partial charge in [-0.3, -0.25) is 4.79 Å². The highest BCUT2D eigenvalue weighted by atomic mass is 35.7. The van der Waals surface area contributed by atoms with E-state index >= 15 is 0 Å². The maximum atomic E-state index is 12.4. The van der Waals surface area contributed by atoms with Crippen molar-refractivity contribution >= 4 is 25.6 Å². The molecule has 7 heteroatoms. The molecule has 2 rings (SSSR count). The number of hydrogen-bond donors (Lipinski definition) is 0. The SMILES string of the molecule is CCOc1ccc(C(=O)N2CCCCC2)cc1S(=O)(=O)Cl. The van der Waals surface area contributed by atoms with Gasteiger partial charge in [0.1, 0.15) is 10.6 Å². The van der Waals surface area contributed by atoms with Crippen LogP contribution in [0.15, 0.2) is 23.1 Å². The molecule has 5 nitrogen and oxygen atoms in total. The summed E-state index contributed by atoms with van der Waals surface area (Å²) < 4.78 is 28.5. The number of benzene rings is 1. The van der Waals surface area contributed by atoms with Gasteiger partial charge >= 0.3 is 0 Å². The van der Waals surface area contributed by atoms with Crippen molar-refractivity contribution < 1.29 is 17.9 Å². The molecule has 0 saturated carbocycles. The van der Waals surface area contributed by atoms with E-state index in [0.717, 1.165) is 19.3 Å². The van der Waals surface area contributed by atoms with Gasteiger partial charge in [0.25, 0.3) is 15.0 Å². The second-order valence-corrected chi connectivity index (χ2v) is 7.42. The lowest BCUT2D eigenvalue weighted by atomic mass is 10.1. The maximum Gasteiger partial charge on any atom is 0.265 e. The fraction of sp³-hybridized carbons (Fsp3) is 0.500. The Balaban J connectivity index is 2.34. The molecule has 0 unspecified atom stereocenters. The summed E-state index contributed by atoms with van der Waals surface area (Å²) in [5.74, 6) is 0.00186. The van der Waals surface area contributed by atoms with E-state index in [1.807, 2.05) is 0 Å². The first kappa shape index (κ1) is 16.1. The Morgan fingerprint density at radius 3 is 2.52 bits per heavy atom. The highest BCUT2D eigenvalue weighted by Crippen LogP contribution is 2.29. The van der Waals surface area contributed by atoms with Gasteiger partial charge in [-0.05, 0) is 44.4 Å². The van der Waals surface area contributed by atoms with Crippen LogP contribution in [-0.4, -0.2) is 38.9 Å². The van der Waals surface area contributed by atoms with Crippen molar-refractivity contribution in [3.8, 4) is 5.75 Å². The average molecular weight is 332 g/mol. The summed E-state index contributed by atoms with van der Waals surface area (Å²) in [6.45, 7) is 3.47. The van der Waals surface area contributed by atoms with Crippen molar-refractivity contribution in [2.45, 2.75) is 31.1 Å². The van der Waals surface area contributed by atoms with Crippen LogP contribution in [0.4, 0.5) is 0 Å². The van der Waals surface area contributed by atoms with Gasteiger partial charge in [-0.1, -0.05) is 0 Å². The van der Waals surface area contributed by atoms with Gasteiger partial charge in [0.15, 0.2) is 0 Å². The van der Waals surface area contributed by atoms with E-state index in [0.29, 0.717) is 25.3 Å². The van der Waals surface area contributed by atoms with Crippen LogP contribution in [0.3, 0.4) is 0 Å². The molecular formula is C14H18ClNO4S. The first-order valence-electron chi connectivity index (χ1n) is 6.94. The van der Waals surface area contributed by atoms with Crippen molar-refractivity contribution in [2.24, 2.45) is 0 Å². The van der Waals surface area contributed by atoms with E-state index in [1.54, 1.807) is 17.9 Å². The molecule has 1 saturated heterocycles. The molecule has 0 bridgehead atoms. The molecule has 0 radical (unpaired) electrons. The van der Waals surface area contributed by atoms with Crippen LogP contribution in [0.2, 0.25) is 0 Å². The summed E-state index contributed by atoms with van der Waals surface area (Å²) in [6.07, 6.45) is 3.07. The largest absolute Gasteiger partial charge is 0.492 e. The molecular weight excluding hydrogens is 314 g/mol. The molecule has 21 heavy (non-hydrogen) atoms. The highest BCUT2D eigenvalue weighted by molar-refractivity contribution is 8.13. The smallest absolute Gasteiger partial charge is 0.265 e. The minimum atomic E-state index is -3.97. The zero-order chi connectivity index (χ0) is 15.5. The molecule has 1 heterocycles. The van der Waals surface area contributed by atoms with E-state index in [9.17, 15) is 13.2 Å². The number of likely N-dealkylation sites (tertiary alicyclic amines) is 1. The predicted octanol–water partition coefficient (Wildman–Crippen LogP) is 2.64. The van der Waals surface area contributed by atoms with Crippen LogP contribution in [0.5, 0.6) is 5.75 Å². The summed E-state index contributed by atoms with van der Waals surface area (Å²) in [5.41, 5.74) is 0.319. The van der Waals surface area contributed by atoms with Crippen molar-refractivity contribution in [1.82, 2.24) is 4.90 Å². The van der Waals surface area contributed by atoms with Crippen molar-refractivity contribution in [1.29, 1.82) is 0 Å². The molecule has 116 valence electrons. The predicted molar refractivity (Wildman–Crippen MR) is 80.4 cm³/mol. The first-order chi connectivity index (χ1) is 9.93. The van der Waals surface area contributed by atoms with Crippen molar-refractivity contribution in [2.75, 3.05) is 19.7 Å². The fourth-order valence-electron chi connectivity index (χ4n) is 2.39. The summed E-state index contributed by atoms with van der Waals surface area (Å²) in [7, 11) is 1.46. The normalized spacial score (nSPS) is 15.8. The molecule has 0 N–H and O–H groups in total. The highest BCUT2D eigenvalue weighted by Gasteiger charge is 2.23. The molecule has 0 atom stereocenters. The van der Waals surface area contributed by atoms with E-state index in [-0.39, 0.29) is 16.6 Å². The van der Waals surface area contributed by atoms with Gasteiger partial charge in [-0.15, -0.1) is 0 Å². The standard InChI is InChI=1S/C14H18ClNO4S/c1-2-20-12-7-6-11(10-13(12)21(15,18)19)14(17)16-8-4-3-5-9-16/h6-7,10H,2-5,8-9H2,1H3. The molecule has 0 aliphatic carbocycles. The third kappa shape index (κ3) is 3.89. The summed E-state index contributed by atoms with van der Waals surface area (Å²) in [6, 6.07) is 4.35. The second kappa shape index (κ2) is 6.66. The van der Waals surface area contributed by atoms with Crippen LogP contribution in [0.1, 0.15) is 36.5 Å². The monoisotopic (exact) mass is 331 g/mol. The Labute approximate surface area is 129 Å². The van der Waals surface area contributed by atoms with E-state index < -0.39 is 9.05 Å². The zero-order valence-corrected chi connectivity index (χ0v) is 13.4. The number of nitrogens with zero attached hydrogens (tertiary/aromatic N) is 1. The number of hydrogen-bond acceptors (Lipinski definition) is 4. The lowest BCUT2D eigenvalue weighted by Crippen LogP contribution is -2.35. The summed E-state index contributed by atoms with van der Waals surface area (Å²) >= 11 is 0. The number of amides is 1. The van der Waals surface area contributed by atoms with Gasteiger partial charge in [0, 0.05) is 29.3 Å². The molecule has 1 amide bonds. The molecule has 0 aromatic heterocycles. The van der Waals surface area contributed by atoms with Crippen molar-refractivity contribution in [3.63, 3.8) is 0 Å². The van der Waals surface area contributed by atoms with E-state index in [1.165, 1.54) is 12.1 Å². The average Bonchev–Trinajstić information content (AvgIpc) is 2.47. The number of halogens is 1. The second-order valence-electron chi connectivity index (χ2n) is 4.89. The lowest BCUT2D eigenvalue weighted by molar-refractivity contribution is 0.0724. The van der Waals surface area contributed by atoms with Gasteiger partial charge < -0.3 is 9.64 Å². The van der Waals surface area contributed by atoms with Crippen LogP contribution in [-0.2, 0) is 9.05 Å². The van der Waals surface area contributed by atoms with Crippen LogP contribution in [0.25, 0.3) is 0 Å². The number of carbonyl (C=O) groups excluding carboxylic acids is 1. The quantitative estimate of drug-likeness (QED) is 0.796. The van der Waals surface area contributed by atoms with Gasteiger partial charge in [-0.2, -0.15) is 0 Å². The Morgan fingerprint density at radius 2 is 1.95 bits per heavy atom. The molecule has 0 spiro atoms. The Morgan fingerprint density at radius 1 is 1.29 bits per heavy atom. The summed E-state index contributed by atoms with van der Waals surface area (Å²) in [5, 5.41) is 0. The third-order valence-electron chi connectivity index (χ3n) is 3.40. The summed E-state index contributed by atoms with van der Waals surface area (Å²) in [4.78, 5) is 14.0. The third-order valence-corrected chi connectivity index (χ3v) is 4.74. The molecule has 1 aliphatic heterocycles. The molecule has 1 aromatic carbocycles. The van der Waals surface area contributed by atoms with E-state index in [4.69, 9.17) is 15.4 Å². The van der Waals surface area contributed by atoms with Gasteiger partial charge in [-0.25, -0.2) is 8.42 Å². The maximum absolute atomic E-state index is 12.4.